The van der Waals surface area contributed by atoms with Gasteiger partial charge in [-0.05, 0) is 107 Å². The van der Waals surface area contributed by atoms with Gasteiger partial charge in [-0.25, -0.2) is 4.79 Å². The van der Waals surface area contributed by atoms with Crippen LogP contribution in [-0.4, -0.2) is 80.8 Å². The molecule has 2 N–H and O–H groups in total. The number of amides is 3. The number of carbonyl (C=O) groups is 3. The van der Waals surface area contributed by atoms with Crippen LogP contribution in [0, 0.1) is 5.92 Å². The minimum atomic E-state index is -1.08. The molecule has 3 amide bonds. The highest BCUT2D eigenvalue weighted by Crippen LogP contribution is 2.47. The van der Waals surface area contributed by atoms with Gasteiger partial charge < -0.3 is 29.5 Å². The van der Waals surface area contributed by atoms with Crippen molar-refractivity contribution in [2.24, 2.45) is 5.92 Å². The Hall–Kier alpha value is -1.81. The van der Waals surface area contributed by atoms with Crippen molar-refractivity contribution in [1.82, 2.24) is 15.1 Å². The summed E-state index contributed by atoms with van der Waals surface area (Å²) in [5, 5.41) is 13.1. The Kier molecular flexibility index (Phi) is 10.5. The maximum Gasteiger partial charge on any atom is 0.457 e. The molecule has 1 atom stereocenters. The quantitative estimate of drug-likeness (QED) is 0.245. The van der Waals surface area contributed by atoms with E-state index in [9.17, 15) is 19.5 Å². The smallest absolute Gasteiger partial charge is 0.457 e. The van der Waals surface area contributed by atoms with E-state index >= 15 is 0 Å². The Morgan fingerprint density at radius 2 is 1.50 bits per heavy atom. The van der Waals surface area contributed by atoms with Gasteiger partial charge in [0.15, 0.2) is 0 Å². The molecule has 1 saturated carbocycles. The first kappa shape index (κ1) is 34.4. The van der Waals surface area contributed by atoms with Crippen molar-refractivity contribution < 1.29 is 28.8 Å². The molecule has 0 aromatic heterocycles. The largest absolute Gasteiger partial charge is 0.465 e. The molecule has 1 saturated heterocycles. The lowest BCUT2D eigenvalue weighted by atomic mass is 9.63. The average molecular weight is 566 g/mol. The highest BCUT2D eigenvalue weighted by molar-refractivity contribution is 6.45. The van der Waals surface area contributed by atoms with Crippen molar-refractivity contribution in [3.05, 3.63) is 0 Å². The van der Waals surface area contributed by atoms with Crippen molar-refractivity contribution in [3.8, 4) is 0 Å². The van der Waals surface area contributed by atoms with Crippen molar-refractivity contribution >= 4 is 25.0 Å². The Morgan fingerprint density at radius 3 is 1.93 bits per heavy atom. The molecule has 1 aliphatic carbocycles. The molecule has 0 aromatic carbocycles. The summed E-state index contributed by atoms with van der Waals surface area (Å²) in [6.07, 6.45) is 3.80. The fraction of sp³-hybridized carbons (Fsp3) is 0.900. The van der Waals surface area contributed by atoms with Crippen LogP contribution in [0.3, 0.4) is 0 Å². The van der Waals surface area contributed by atoms with Crippen LogP contribution in [0.1, 0.15) is 121 Å². The van der Waals surface area contributed by atoms with Crippen LogP contribution in [0.4, 0.5) is 4.79 Å². The molecule has 10 heteroatoms. The van der Waals surface area contributed by atoms with E-state index in [1.54, 1.807) is 11.9 Å². The molecule has 0 bridgehead atoms. The van der Waals surface area contributed by atoms with Gasteiger partial charge in [-0.2, -0.15) is 0 Å². The van der Waals surface area contributed by atoms with E-state index in [2.05, 4.69) is 5.32 Å². The zero-order chi connectivity index (χ0) is 30.9. The standard InChI is InChI=1S/C30H56BN3O6/c1-13-16-23(35)33(12)30(24(36)32-26(2,3)4,21-19-22(20-21)34(25(37)38)27(5,6)7)17-14-15-18-31-39-28(8,9)29(10,11)40-31/h21-22H,13-20H2,1-12H3,(H,32,36)(H,37,38)/t21?,22?,30-/m0/s1. The predicted octanol–water partition coefficient (Wildman–Crippen LogP) is 5.72. The zero-order valence-corrected chi connectivity index (χ0v) is 27.3. The fourth-order valence-corrected chi connectivity index (χ4v) is 6.12. The monoisotopic (exact) mass is 565 g/mol. The number of hydrogen-bond acceptors (Lipinski definition) is 5. The first-order valence-electron chi connectivity index (χ1n) is 15.1. The molecule has 0 radical (unpaired) electrons. The summed E-state index contributed by atoms with van der Waals surface area (Å²) in [7, 11) is 1.44. The van der Waals surface area contributed by atoms with E-state index in [1.165, 1.54) is 4.90 Å². The second-order valence-electron chi connectivity index (χ2n) is 14.9. The van der Waals surface area contributed by atoms with Crippen molar-refractivity contribution in [3.63, 3.8) is 0 Å². The molecule has 2 rings (SSSR count). The van der Waals surface area contributed by atoms with Crippen molar-refractivity contribution in [2.45, 2.75) is 161 Å². The third kappa shape index (κ3) is 7.52. The zero-order valence-electron chi connectivity index (χ0n) is 27.3. The third-order valence-corrected chi connectivity index (χ3v) is 8.95. The molecular formula is C30H56BN3O6. The van der Waals surface area contributed by atoms with Gasteiger partial charge in [-0.3, -0.25) is 9.59 Å². The Balaban J connectivity index is 2.34. The number of carbonyl (C=O) groups excluding carboxylic acids is 2. The lowest BCUT2D eigenvalue weighted by molar-refractivity contribution is -0.157. The molecule has 40 heavy (non-hydrogen) atoms. The fourth-order valence-electron chi connectivity index (χ4n) is 6.12. The Morgan fingerprint density at radius 1 is 0.975 bits per heavy atom. The van der Waals surface area contributed by atoms with Crippen LogP contribution in [0.25, 0.3) is 0 Å². The van der Waals surface area contributed by atoms with Gasteiger partial charge >= 0.3 is 13.2 Å². The third-order valence-electron chi connectivity index (χ3n) is 8.95. The predicted molar refractivity (Wildman–Crippen MR) is 159 cm³/mol. The number of hydrogen-bond donors (Lipinski definition) is 2. The topological polar surface area (TPSA) is 108 Å². The summed E-state index contributed by atoms with van der Waals surface area (Å²) in [5.74, 6) is -0.387. The SMILES string of the molecule is CCCC(=O)N(C)[C@](CCCCB1OC(C)(C)C(C)(C)O1)(C(=O)NC(C)(C)C)C1CC(N(C(=O)O)C(C)(C)C)C1. The molecule has 0 spiro atoms. The van der Waals surface area contributed by atoms with Gasteiger partial charge in [0.2, 0.25) is 11.8 Å². The minimum absolute atomic E-state index is 0.0631. The van der Waals surface area contributed by atoms with Crippen LogP contribution in [0.5, 0.6) is 0 Å². The average Bonchev–Trinajstić information content (AvgIpc) is 2.94. The van der Waals surface area contributed by atoms with Crippen molar-refractivity contribution in [2.75, 3.05) is 7.05 Å². The van der Waals surface area contributed by atoms with Gasteiger partial charge in [0.1, 0.15) is 5.54 Å². The van der Waals surface area contributed by atoms with E-state index in [0.717, 1.165) is 6.42 Å². The van der Waals surface area contributed by atoms with Crippen LogP contribution >= 0.6 is 0 Å². The Labute approximate surface area is 243 Å². The number of rotatable bonds is 11. The first-order valence-corrected chi connectivity index (χ1v) is 15.1. The van der Waals surface area contributed by atoms with Gasteiger partial charge in [-0.15, -0.1) is 0 Å². The number of unbranched alkanes of at least 4 members (excludes halogenated alkanes) is 1. The van der Waals surface area contributed by atoms with Crippen LogP contribution < -0.4 is 5.32 Å². The molecule has 230 valence electrons. The second kappa shape index (κ2) is 12.2. The molecule has 0 unspecified atom stereocenters. The van der Waals surface area contributed by atoms with Gasteiger partial charge in [0.05, 0.1) is 11.2 Å². The Bertz CT molecular complexity index is 903. The van der Waals surface area contributed by atoms with Crippen LogP contribution in [-0.2, 0) is 18.9 Å². The summed E-state index contributed by atoms with van der Waals surface area (Å²) in [4.78, 5) is 42.9. The highest BCUT2D eigenvalue weighted by atomic mass is 16.7. The molecule has 1 heterocycles. The highest BCUT2D eigenvalue weighted by Gasteiger charge is 2.57. The molecule has 9 nitrogen and oxygen atoms in total. The van der Waals surface area contributed by atoms with Crippen LogP contribution in [0.2, 0.25) is 6.32 Å². The molecule has 1 aliphatic heterocycles. The van der Waals surface area contributed by atoms with Gasteiger partial charge in [-0.1, -0.05) is 19.8 Å². The summed E-state index contributed by atoms with van der Waals surface area (Å²) in [6.45, 7) is 21.6. The maximum absolute atomic E-state index is 14.2. The van der Waals surface area contributed by atoms with E-state index in [-0.39, 0.29) is 30.9 Å². The maximum atomic E-state index is 14.2. The number of carboxylic acid groups (broad SMARTS) is 1. The summed E-state index contributed by atoms with van der Waals surface area (Å²) in [6, 6.07) is -0.205. The first-order chi connectivity index (χ1) is 18.1. The normalized spacial score (nSPS) is 23.6. The lowest BCUT2D eigenvalue weighted by Crippen LogP contribution is -2.70. The number of likely N-dealkylation sites (N-methyl/N-ethyl adjacent to an activating group) is 1. The van der Waals surface area contributed by atoms with E-state index in [4.69, 9.17) is 9.31 Å². The van der Waals surface area contributed by atoms with Crippen LogP contribution in [0.15, 0.2) is 0 Å². The second-order valence-corrected chi connectivity index (χ2v) is 14.9. The summed E-state index contributed by atoms with van der Waals surface area (Å²) in [5.41, 5.74) is -2.92. The van der Waals surface area contributed by atoms with E-state index in [0.29, 0.717) is 44.8 Å². The minimum Gasteiger partial charge on any atom is -0.465 e. The number of nitrogens with one attached hydrogen (secondary N) is 1. The van der Waals surface area contributed by atoms with E-state index < -0.39 is 33.9 Å². The van der Waals surface area contributed by atoms with Gasteiger partial charge in [0.25, 0.3) is 0 Å². The molecular weight excluding hydrogens is 509 g/mol. The number of nitrogens with zero attached hydrogens (tertiary/aromatic N) is 2. The van der Waals surface area contributed by atoms with Crippen molar-refractivity contribution in [1.29, 1.82) is 0 Å². The molecule has 2 aliphatic rings. The lowest BCUT2D eigenvalue weighted by Gasteiger charge is -2.56. The summed E-state index contributed by atoms with van der Waals surface area (Å²) >= 11 is 0. The van der Waals surface area contributed by atoms with Gasteiger partial charge in [0, 0.05) is 30.6 Å². The molecule has 0 aromatic rings. The van der Waals surface area contributed by atoms with E-state index in [1.807, 2.05) is 76.2 Å². The summed E-state index contributed by atoms with van der Waals surface area (Å²) < 4.78 is 12.3. The molecule has 2 fully saturated rings.